The van der Waals surface area contributed by atoms with Crippen LogP contribution in [0.3, 0.4) is 0 Å². The lowest BCUT2D eigenvalue weighted by atomic mass is 9.99. The van der Waals surface area contributed by atoms with Gasteiger partial charge in [0.2, 0.25) is 5.91 Å². The summed E-state index contributed by atoms with van der Waals surface area (Å²) in [5.74, 6) is -1.25. The Bertz CT molecular complexity index is 1480. The van der Waals surface area contributed by atoms with E-state index >= 15 is 0 Å². The number of allylic oxidation sites excluding steroid dienone is 9. The monoisotopic (exact) mass is 1090 g/mol. The predicted molar refractivity (Wildman–Crippen MR) is 320 cm³/mol. The highest BCUT2D eigenvalue weighted by atomic mass is 16.7. The van der Waals surface area contributed by atoms with Crippen LogP contribution in [-0.4, -0.2) is 99.6 Å². The van der Waals surface area contributed by atoms with Crippen LogP contribution < -0.4 is 5.32 Å². The molecule has 1 amide bonds. The van der Waals surface area contributed by atoms with Crippen LogP contribution in [0.1, 0.15) is 284 Å². The predicted octanol–water partition coefficient (Wildman–Crippen LogP) is 15.4. The fraction of sp³-hybridized carbons (Fsp3) is 0.818. The zero-order valence-corrected chi connectivity index (χ0v) is 49.6. The van der Waals surface area contributed by atoms with Crippen LogP contribution in [0.2, 0.25) is 0 Å². The molecule has 1 aliphatic heterocycles. The van der Waals surface area contributed by atoms with Gasteiger partial charge >= 0.3 is 5.97 Å². The molecule has 8 atom stereocenters. The van der Waals surface area contributed by atoms with E-state index in [1.165, 1.54) is 167 Å². The molecule has 0 aliphatic carbocycles. The van der Waals surface area contributed by atoms with Gasteiger partial charge in [-0.25, -0.2) is 0 Å². The number of nitrogens with one attached hydrogen (secondary N) is 1. The highest BCUT2D eigenvalue weighted by Gasteiger charge is 2.47. The molecule has 0 spiro atoms. The van der Waals surface area contributed by atoms with Crippen LogP contribution in [0.15, 0.2) is 60.8 Å². The van der Waals surface area contributed by atoms with Gasteiger partial charge in [-0.3, -0.25) is 9.59 Å². The Morgan fingerprint density at radius 2 is 0.896 bits per heavy atom. The number of aliphatic hydroxyl groups is 5. The third kappa shape index (κ3) is 42.0. The van der Waals surface area contributed by atoms with Crippen molar-refractivity contribution < 1.29 is 49.3 Å². The van der Waals surface area contributed by atoms with Crippen LogP contribution in [0, 0.1) is 0 Å². The molecular formula is C66H119NO10. The van der Waals surface area contributed by atoms with E-state index in [1.54, 1.807) is 6.08 Å². The summed E-state index contributed by atoms with van der Waals surface area (Å²) in [6.07, 6.45) is 57.0. The van der Waals surface area contributed by atoms with Crippen molar-refractivity contribution >= 4 is 11.9 Å². The number of hydrogen-bond acceptors (Lipinski definition) is 10. The van der Waals surface area contributed by atoms with Gasteiger partial charge < -0.3 is 45.1 Å². The van der Waals surface area contributed by atoms with Crippen molar-refractivity contribution in [3.8, 4) is 0 Å². The lowest BCUT2D eigenvalue weighted by Crippen LogP contribution is -2.61. The van der Waals surface area contributed by atoms with Crippen LogP contribution in [0.25, 0.3) is 0 Å². The molecule has 0 saturated carbocycles. The van der Waals surface area contributed by atoms with Gasteiger partial charge in [-0.15, -0.1) is 0 Å². The summed E-state index contributed by atoms with van der Waals surface area (Å²) in [5.41, 5.74) is 0. The third-order valence-electron chi connectivity index (χ3n) is 14.9. The van der Waals surface area contributed by atoms with E-state index in [2.05, 4.69) is 68.6 Å². The van der Waals surface area contributed by atoms with Gasteiger partial charge in [0, 0.05) is 6.42 Å². The molecule has 6 N–H and O–H groups in total. The molecular weight excluding hydrogens is 967 g/mol. The summed E-state index contributed by atoms with van der Waals surface area (Å²) in [6.45, 7) is 5.74. The molecule has 11 nitrogen and oxygen atoms in total. The topological polar surface area (TPSA) is 175 Å². The fourth-order valence-electron chi connectivity index (χ4n) is 9.82. The number of rotatable bonds is 54. The van der Waals surface area contributed by atoms with Gasteiger partial charge in [0.05, 0.1) is 25.4 Å². The molecule has 1 saturated heterocycles. The quantitative estimate of drug-likeness (QED) is 0.0195. The second kappa shape index (κ2) is 54.0. The van der Waals surface area contributed by atoms with Gasteiger partial charge in [0.25, 0.3) is 0 Å². The SMILES string of the molecule is CCCCC/C=C\C/C=C\C/C=C\C/C=C\CCCC(=O)OC1C(OCC(NC(=O)C(O)CCCCCCCCCCCCCCCCCCCCCC)C(O)/C=C/CCCCCCCCCCC)OC(CO)C(O)C1O. The smallest absolute Gasteiger partial charge is 0.306 e. The van der Waals surface area contributed by atoms with Crippen molar-refractivity contribution in [2.45, 2.75) is 333 Å². The van der Waals surface area contributed by atoms with Crippen molar-refractivity contribution in [1.82, 2.24) is 5.32 Å². The van der Waals surface area contributed by atoms with E-state index in [0.717, 1.165) is 64.2 Å². The van der Waals surface area contributed by atoms with Crippen LogP contribution in [0.5, 0.6) is 0 Å². The first-order chi connectivity index (χ1) is 37.7. The Morgan fingerprint density at radius 3 is 1.36 bits per heavy atom. The summed E-state index contributed by atoms with van der Waals surface area (Å²) in [5, 5.41) is 57.0. The maximum Gasteiger partial charge on any atom is 0.306 e. The first-order valence-electron chi connectivity index (χ1n) is 32.1. The number of ether oxygens (including phenoxy) is 3. The van der Waals surface area contributed by atoms with E-state index in [-0.39, 0.29) is 19.4 Å². The first-order valence-corrected chi connectivity index (χ1v) is 32.1. The molecule has 0 bridgehead atoms. The second-order valence-corrected chi connectivity index (χ2v) is 22.1. The Labute approximate surface area is 471 Å². The maximum atomic E-state index is 13.4. The van der Waals surface area contributed by atoms with Crippen molar-refractivity contribution in [3.63, 3.8) is 0 Å². The molecule has 0 aromatic carbocycles. The maximum absolute atomic E-state index is 13.4. The minimum Gasteiger partial charge on any atom is -0.454 e. The molecule has 0 aromatic heterocycles. The van der Waals surface area contributed by atoms with Crippen LogP contribution in [-0.2, 0) is 23.8 Å². The number of amides is 1. The molecule has 448 valence electrons. The lowest BCUT2D eigenvalue weighted by Gasteiger charge is -2.41. The average molecular weight is 1090 g/mol. The summed E-state index contributed by atoms with van der Waals surface area (Å²) in [4.78, 5) is 26.5. The summed E-state index contributed by atoms with van der Waals surface area (Å²) < 4.78 is 17.6. The molecule has 11 heteroatoms. The van der Waals surface area contributed by atoms with Crippen LogP contribution >= 0.6 is 0 Å². The largest absolute Gasteiger partial charge is 0.454 e. The van der Waals surface area contributed by atoms with Crippen molar-refractivity contribution in [3.05, 3.63) is 60.8 Å². The minimum atomic E-state index is -1.64. The molecule has 0 aromatic rings. The summed E-state index contributed by atoms with van der Waals surface area (Å²) in [6, 6.07) is -1.03. The normalized spacial score (nSPS) is 19.4. The van der Waals surface area contributed by atoms with Crippen molar-refractivity contribution in [1.29, 1.82) is 0 Å². The summed E-state index contributed by atoms with van der Waals surface area (Å²) in [7, 11) is 0. The Hall–Kier alpha value is -2.64. The van der Waals surface area contributed by atoms with E-state index in [4.69, 9.17) is 14.2 Å². The van der Waals surface area contributed by atoms with E-state index in [9.17, 15) is 35.1 Å². The van der Waals surface area contributed by atoms with Gasteiger partial charge in [-0.1, -0.05) is 274 Å². The second-order valence-electron chi connectivity index (χ2n) is 22.1. The van der Waals surface area contributed by atoms with Crippen molar-refractivity contribution in [2.75, 3.05) is 13.2 Å². The van der Waals surface area contributed by atoms with Crippen molar-refractivity contribution in [2.24, 2.45) is 0 Å². The molecule has 1 aliphatic rings. The zero-order valence-electron chi connectivity index (χ0n) is 49.6. The number of carbonyl (C=O) groups is 2. The Balaban J connectivity index is 2.66. The van der Waals surface area contributed by atoms with Gasteiger partial charge in [-0.2, -0.15) is 0 Å². The standard InChI is InChI=1S/C66H119NO10/c1-4-7-10-13-16-19-22-24-26-28-29-30-32-33-35-38-41-44-47-50-53-59(70)65(74)67-57(58(69)52-49-46-43-40-37-21-18-15-12-9-6-3)56-75-66-64(63(73)62(72)60(55-68)76-66)77-61(71)54-51-48-45-42-39-36-34-31-27-25-23-20-17-14-11-8-5-2/h17,20,25,27,34,36,42,45,49,52,57-60,62-64,66,68-70,72-73H,4-16,18-19,21-24,26,28-33,35,37-41,43-44,46-48,50-51,53-56H2,1-3H3,(H,67,74)/b20-17-,27-25-,36-34-,45-42-,52-49+. The molecule has 0 radical (unpaired) electrons. The zero-order chi connectivity index (χ0) is 56.1. The number of esters is 1. The fourth-order valence-corrected chi connectivity index (χ4v) is 9.82. The van der Waals surface area contributed by atoms with Gasteiger partial charge in [0.15, 0.2) is 12.4 Å². The molecule has 1 fully saturated rings. The number of hydrogen-bond donors (Lipinski definition) is 6. The van der Waals surface area contributed by atoms with Crippen LogP contribution in [0.4, 0.5) is 0 Å². The van der Waals surface area contributed by atoms with E-state index in [1.807, 2.05) is 12.2 Å². The number of aliphatic hydroxyl groups excluding tert-OH is 5. The van der Waals surface area contributed by atoms with E-state index in [0.29, 0.717) is 19.3 Å². The number of unbranched alkanes of at least 4 members (excludes halogenated alkanes) is 32. The third-order valence-corrected chi connectivity index (χ3v) is 14.9. The van der Waals surface area contributed by atoms with Gasteiger partial charge in [0.1, 0.15) is 24.4 Å². The highest BCUT2D eigenvalue weighted by Crippen LogP contribution is 2.26. The lowest BCUT2D eigenvalue weighted by molar-refractivity contribution is -0.305. The van der Waals surface area contributed by atoms with E-state index < -0.39 is 67.4 Å². The Kier molecular flexibility index (Phi) is 50.7. The first kappa shape index (κ1) is 72.4. The average Bonchev–Trinajstić information content (AvgIpc) is 3.43. The summed E-state index contributed by atoms with van der Waals surface area (Å²) >= 11 is 0. The minimum absolute atomic E-state index is 0.0477. The number of carbonyl (C=O) groups excluding carboxylic acids is 2. The Morgan fingerprint density at radius 1 is 0.506 bits per heavy atom. The molecule has 1 rings (SSSR count). The van der Waals surface area contributed by atoms with Gasteiger partial charge in [-0.05, 0) is 64.2 Å². The molecule has 8 unspecified atom stereocenters. The molecule has 77 heavy (non-hydrogen) atoms. The molecule has 1 heterocycles. The highest BCUT2D eigenvalue weighted by molar-refractivity contribution is 5.80.